The zero-order valence-electron chi connectivity index (χ0n) is 23.4. The molecule has 0 fully saturated rings. The highest BCUT2D eigenvalue weighted by atomic mass is 32.1. The number of esters is 1. The maximum atomic E-state index is 12.1. The summed E-state index contributed by atoms with van der Waals surface area (Å²) >= 11 is 1.26. The van der Waals surface area contributed by atoms with Crippen LogP contribution in [-0.2, 0) is 24.7 Å². The molecular formula is C32H33N3O5S. The fourth-order valence-electron chi connectivity index (χ4n) is 4.37. The van der Waals surface area contributed by atoms with Gasteiger partial charge in [-0.15, -0.1) is 11.3 Å². The number of nitrogens with zero attached hydrogens (tertiary/aromatic N) is 2. The number of carbonyl (C=O) groups excluding carboxylic acids is 1. The Morgan fingerprint density at radius 1 is 0.902 bits per heavy atom. The standard InChI is InChI=1S/C32H33N3O5S/c1-22(20-27(36)39-31(2,3)4)40-35-28(29(37)38)26-21-41-30(33-26)34-32(23-14-8-5-9-15-23,24-16-10-6-11-17-24)25-18-12-7-13-19-25/h5-19,21-22H,20H2,1-4H3,(H,33,34)(H,37,38)/t22-/m1/s1. The Bertz CT molecular complexity index is 1390. The van der Waals surface area contributed by atoms with Crippen molar-refractivity contribution in [2.24, 2.45) is 5.16 Å². The molecule has 3 aromatic carbocycles. The minimum Gasteiger partial charge on any atom is -0.476 e. The molecular weight excluding hydrogens is 538 g/mol. The molecule has 0 aliphatic heterocycles. The summed E-state index contributed by atoms with van der Waals surface area (Å²) in [6.45, 7) is 6.93. The molecule has 2 N–H and O–H groups in total. The van der Waals surface area contributed by atoms with Crippen molar-refractivity contribution in [1.29, 1.82) is 0 Å². The van der Waals surface area contributed by atoms with Gasteiger partial charge < -0.3 is 20.0 Å². The van der Waals surface area contributed by atoms with E-state index in [9.17, 15) is 14.7 Å². The quantitative estimate of drug-likeness (QED) is 0.0918. The Hall–Kier alpha value is -4.50. The number of nitrogens with one attached hydrogen (secondary N) is 1. The van der Waals surface area contributed by atoms with Gasteiger partial charge in [0.1, 0.15) is 22.9 Å². The fourth-order valence-corrected chi connectivity index (χ4v) is 5.13. The number of ether oxygens (including phenoxy) is 1. The van der Waals surface area contributed by atoms with Crippen molar-refractivity contribution in [2.75, 3.05) is 5.32 Å². The van der Waals surface area contributed by atoms with Gasteiger partial charge >= 0.3 is 11.9 Å². The maximum Gasteiger partial charge on any atom is 0.360 e. The number of carboxylic acid groups (broad SMARTS) is 1. The zero-order chi connectivity index (χ0) is 29.5. The Kier molecular flexibility index (Phi) is 9.19. The second-order valence-corrected chi connectivity index (χ2v) is 11.3. The lowest BCUT2D eigenvalue weighted by atomic mass is 9.77. The van der Waals surface area contributed by atoms with Crippen LogP contribution in [0.3, 0.4) is 0 Å². The molecule has 212 valence electrons. The van der Waals surface area contributed by atoms with Crippen LogP contribution in [0.1, 0.15) is 56.5 Å². The van der Waals surface area contributed by atoms with Crippen molar-refractivity contribution in [3.63, 3.8) is 0 Å². The first kappa shape index (κ1) is 29.5. The number of rotatable bonds is 11. The first-order chi connectivity index (χ1) is 19.6. The summed E-state index contributed by atoms with van der Waals surface area (Å²) in [6.07, 6.45) is -0.775. The fraction of sp³-hybridized carbons (Fsp3) is 0.250. The predicted molar refractivity (Wildman–Crippen MR) is 160 cm³/mol. The molecule has 9 heteroatoms. The third kappa shape index (κ3) is 7.37. The number of benzene rings is 3. The van der Waals surface area contributed by atoms with E-state index in [1.54, 1.807) is 33.1 Å². The van der Waals surface area contributed by atoms with Gasteiger partial charge in [0.05, 0.1) is 6.42 Å². The Balaban J connectivity index is 1.67. The van der Waals surface area contributed by atoms with Gasteiger partial charge in [0.15, 0.2) is 5.13 Å². The van der Waals surface area contributed by atoms with Crippen LogP contribution in [-0.4, -0.2) is 39.4 Å². The lowest BCUT2D eigenvalue weighted by Crippen LogP contribution is -2.38. The van der Waals surface area contributed by atoms with Crippen molar-refractivity contribution >= 4 is 34.1 Å². The van der Waals surface area contributed by atoms with Crippen molar-refractivity contribution in [3.05, 3.63) is 119 Å². The van der Waals surface area contributed by atoms with E-state index in [1.807, 2.05) is 91.0 Å². The molecule has 41 heavy (non-hydrogen) atoms. The number of carboxylic acids is 1. The summed E-state index contributed by atoms with van der Waals surface area (Å²) in [7, 11) is 0. The Labute approximate surface area is 243 Å². The second kappa shape index (κ2) is 12.8. The summed E-state index contributed by atoms with van der Waals surface area (Å²) in [6, 6.07) is 30.1. The van der Waals surface area contributed by atoms with E-state index in [-0.39, 0.29) is 17.8 Å². The van der Waals surface area contributed by atoms with Crippen LogP contribution in [0, 0.1) is 0 Å². The molecule has 0 amide bonds. The van der Waals surface area contributed by atoms with Gasteiger partial charge in [0.25, 0.3) is 0 Å². The molecule has 8 nitrogen and oxygen atoms in total. The predicted octanol–water partition coefficient (Wildman–Crippen LogP) is 6.47. The molecule has 0 radical (unpaired) electrons. The largest absolute Gasteiger partial charge is 0.476 e. The third-order valence-corrected chi connectivity index (χ3v) is 6.82. The zero-order valence-corrected chi connectivity index (χ0v) is 24.2. The van der Waals surface area contributed by atoms with Gasteiger partial charge in [-0.3, -0.25) is 4.79 Å². The van der Waals surface area contributed by atoms with Gasteiger partial charge in [-0.2, -0.15) is 0 Å². The highest BCUT2D eigenvalue weighted by Gasteiger charge is 2.37. The highest BCUT2D eigenvalue weighted by Crippen LogP contribution is 2.40. The smallest absolute Gasteiger partial charge is 0.360 e. The van der Waals surface area contributed by atoms with E-state index in [4.69, 9.17) is 9.57 Å². The molecule has 0 unspecified atom stereocenters. The number of aliphatic carboxylic acids is 1. The second-order valence-electron chi connectivity index (χ2n) is 10.5. The van der Waals surface area contributed by atoms with Crippen molar-refractivity contribution < 1.29 is 24.3 Å². The number of hydrogen-bond acceptors (Lipinski definition) is 8. The summed E-state index contributed by atoms with van der Waals surface area (Å²) in [4.78, 5) is 34.2. The van der Waals surface area contributed by atoms with Crippen LogP contribution in [0.4, 0.5) is 5.13 Å². The molecule has 1 heterocycles. The SMILES string of the molecule is C[C@H](CC(=O)OC(C)(C)C)ON=C(C(=O)O)c1csc(NC(c2ccccc2)(c2ccccc2)c2ccccc2)n1. The first-order valence-corrected chi connectivity index (χ1v) is 14.1. The molecule has 4 aromatic rings. The van der Waals surface area contributed by atoms with E-state index < -0.39 is 29.2 Å². The highest BCUT2D eigenvalue weighted by molar-refractivity contribution is 7.14. The van der Waals surface area contributed by atoms with Crippen LogP contribution in [0.25, 0.3) is 0 Å². The minimum absolute atomic E-state index is 0.0781. The number of aromatic nitrogens is 1. The average molecular weight is 572 g/mol. The molecule has 0 aliphatic carbocycles. The molecule has 4 rings (SSSR count). The van der Waals surface area contributed by atoms with Crippen LogP contribution in [0.2, 0.25) is 0 Å². The summed E-state index contributed by atoms with van der Waals surface area (Å²) in [5, 5.41) is 19.5. The van der Waals surface area contributed by atoms with E-state index in [2.05, 4.69) is 15.5 Å². The Morgan fingerprint density at radius 3 is 1.83 bits per heavy atom. The number of oxime groups is 1. The van der Waals surface area contributed by atoms with Crippen LogP contribution in [0.15, 0.2) is 102 Å². The number of anilines is 1. The molecule has 1 atom stereocenters. The van der Waals surface area contributed by atoms with Crippen molar-refractivity contribution in [3.8, 4) is 0 Å². The van der Waals surface area contributed by atoms with Crippen molar-refractivity contribution in [2.45, 2.75) is 51.4 Å². The lowest BCUT2D eigenvalue weighted by Gasteiger charge is -2.36. The normalized spacial score (nSPS) is 12.8. The number of carbonyl (C=O) groups is 2. The molecule has 0 aliphatic rings. The molecule has 0 bridgehead atoms. The summed E-state index contributed by atoms with van der Waals surface area (Å²) in [5.41, 5.74) is 1.28. The monoisotopic (exact) mass is 571 g/mol. The average Bonchev–Trinajstić information content (AvgIpc) is 3.40. The topological polar surface area (TPSA) is 110 Å². The van der Waals surface area contributed by atoms with Gasteiger partial charge in [0, 0.05) is 5.38 Å². The minimum atomic E-state index is -1.30. The van der Waals surface area contributed by atoms with Gasteiger partial charge in [0.2, 0.25) is 5.71 Å². The summed E-state index contributed by atoms with van der Waals surface area (Å²) in [5.74, 6) is -1.76. The number of thiazole rings is 1. The third-order valence-electron chi connectivity index (χ3n) is 6.06. The van der Waals surface area contributed by atoms with Gasteiger partial charge in [-0.1, -0.05) is 96.2 Å². The maximum absolute atomic E-state index is 12.1. The van der Waals surface area contributed by atoms with Crippen LogP contribution < -0.4 is 5.32 Å². The van der Waals surface area contributed by atoms with E-state index in [0.717, 1.165) is 16.7 Å². The van der Waals surface area contributed by atoms with E-state index in [0.29, 0.717) is 5.13 Å². The summed E-state index contributed by atoms with van der Waals surface area (Å²) < 4.78 is 5.30. The van der Waals surface area contributed by atoms with Crippen LogP contribution >= 0.6 is 11.3 Å². The van der Waals surface area contributed by atoms with E-state index in [1.165, 1.54) is 11.3 Å². The molecule has 0 saturated heterocycles. The first-order valence-electron chi connectivity index (χ1n) is 13.2. The van der Waals surface area contributed by atoms with Gasteiger partial charge in [-0.25, -0.2) is 9.78 Å². The van der Waals surface area contributed by atoms with Crippen LogP contribution in [0.5, 0.6) is 0 Å². The van der Waals surface area contributed by atoms with E-state index >= 15 is 0 Å². The molecule has 0 spiro atoms. The van der Waals surface area contributed by atoms with Crippen molar-refractivity contribution in [1.82, 2.24) is 4.98 Å². The molecule has 1 aromatic heterocycles. The van der Waals surface area contributed by atoms with Gasteiger partial charge in [-0.05, 0) is 44.4 Å². The number of hydrogen-bond donors (Lipinski definition) is 2. The Morgan fingerprint density at radius 2 is 1.39 bits per heavy atom. The lowest BCUT2D eigenvalue weighted by molar-refractivity contribution is -0.157. The molecule has 0 saturated carbocycles.